The van der Waals surface area contributed by atoms with E-state index in [0.29, 0.717) is 0 Å². The van der Waals surface area contributed by atoms with Crippen molar-refractivity contribution in [3.05, 3.63) is 11.3 Å². The SMILES string of the molecule is CCOC(C)=C(C)C. The Morgan fingerprint density at radius 1 is 1.25 bits per heavy atom. The molecule has 0 fully saturated rings. The zero-order valence-corrected chi connectivity index (χ0v) is 6.12. The van der Waals surface area contributed by atoms with Crippen LogP contribution in [0.2, 0.25) is 0 Å². The van der Waals surface area contributed by atoms with Crippen molar-refractivity contribution in [2.45, 2.75) is 27.7 Å². The molecule has 0 aromatic rings. The summed E-state index contributed by atoms with van der Waals surface area (Å²) >= 11 is 0. The van der Waals surface area contributed by atoms with E-state index < -0.39 is 0 Å². The largest absolute Gasteiger partial charge is 0.499 e. The van der Waals surface area contributed by atoms with Gasteiger partial charge in [-0.1, -0.05) is 0 Å². The highest BCUT2D eigenvalue weighted by atomic mass is 16.5. The molecule has 0 saturated heterocycles. The van der Waals surface area contributed by atoms with Gasteiger partial charge < -0.3 is 4.74 Å². The van der Waals surface area contributed by atoms with E-state index in [4.69, 9.17) is 4.74 Å². The normalized spacial score (nSPS) is 8.50. The van der Waals surface area contributed by atoms with Crippen LogP contribution in [0.1, 0.15) is 27.7 Å². The first kappa shape index (κ1) is 7.54. The molecule has 0 aromatic heterocycles. The quantitative estimate of drug-likeness (QED) is 0.501. The Morgan fingerprint density at radius 2 is 1.75 bits per heavy atom. The lowest BCUT2D eigenvalue weighted by Gasteiger charge is -2.02. The molecule has 0 radical (unpaired) electrons. The van der Waals surface area contributed by atoms with Crippen LogP contribution in [0.25, 0.3) is 0 Å². The van der Waals surface area contributed by atoms with Crippen LogP contribution in [0.15, 0.2) is 11.3 Å². The Bertz CT molecular complexity index is 88.6. The predicted octanol–water partition coefficient (Wildman–Crippen LogP) is 2.34. The Labute approximate surface area is 51.4 Å². The van der Waals surface area contributed by atoms with Crippen LogP contribution in [-0.4, -0.2) is 6.61 Å². The van der Waals surface area contributed by atoms with Crippen molar-refractivity contribution >= 4 is 0 Å². The van der Waals surface area contributed by atoms with Crippen LogP contribution < -0.4 is 0 Å². The summed E-state index contributed by atoms with van der Waals surface area (Å²) < 4.78 is 5.18. The average Bonchev–Trinajstić information content (AvgIpc) is 1.67. The summed E-state index contributed by atoms with van der Waals surface area (Å²) in [6.07, 6.45) is 0. The second-order valence-electron chi connectivity index (χ2n) is 1.99. The van der Waals surface area contributed by atoms with Gasteiger partial charge in [0.05, 0.1) is 12.4 Å². The minimum absolute atomic E-state index is 0.775. The zero-order valence-electron chi connectivity index (χ0n) is 6.12. The highest BCUT2D eigenvalue weighted by molar-refractivity contribution is 4.98. The van der Waals surface area contributed by atoms with Gasteiger partial charge in [-0.15, -0.1) is 0 Å². The lowest BCUT2D eigenvalue weighted by atomic mass is 10.3. The molecule has 1 nitrogen and oxygen atoms in total. The maximum absolute atomic E-state index is 5.18. The molecule has 0 amide bonds. The summed E-state index contributed by atoms with van der Waals surface area (Å²) in [5, 5.41) is 0. The Balaban J connectivity index is 3.62. The first-order chi connectivity index (χ1) is 3.68. The number of ether oxygens (including phenoxy) is 1. The molecule has 1 heteroatoms. The molecule has 0 heterocycles. The van der Waals surface area contributed by atoms with E-state index in [2.05, 4.69) is 0 Å². The number of hydrogen-bond acceptors (Lipinski definition) is 1. The van der Waals surface area contributed by atoms with Crippen molar-refractivity contribution in [3.63, 3.8) is 0 Å². The fourth-order valence-electron chi connectivity index (χ4n) is 0.361. The third kappa shape index (κ3) is 2.67. The van der Waals surface area contributed by atoms with E-state index in [1.807, 2.05) is 27.7 Å². The summed E-state index contributed by atoms with van der Waals surface area (Å²) in [5.41, 5.74) is 1.26. The molecule has 0 spiro atoms. The highest BCUT2D eigenvalue weighted by Gasteiger charge is 1.86. The summed E-state index contributed by atoms with van der Waals surface area (Å²) in [6.45, 7) is 8.85. The van der Waals surface area contributed by atoms with Crippen molar-refractivity contribution in [2.24, 2.45) is 0 Å². The molecule has 48 valence electrons. The Kier molecular flexibility index (Phi) is 3.33. The molecule has 0 bridgehead atoms. The van der Waals surface area contributed by atoms with Gasteiger partial charge in [0, 0.05) is 0 Å². The number of rotatable bonds is 2. The van der Waals surface area contributed by atoms with Gasteiger partial charge in [-0.2, -0.15) is 0 Å². The first-order valence-electron chi connectivity index (χ1n) is 2.95. The molecule has 0 N–H and O–H groups in total. The molecule has 0 rings (SSSR count). The van der Waals surface area contributed by atoms with Gasteiger partial charge in [0.1, 0.15) is 0 Å². The average molecular weight is 114 g/mol. The standard InChI is InChI=1S/C7H14O/c1-5-8-7(4)6(2)3/h5H2,1-4H3. The van der Waals surface area contributed by atoms with Crippen LogP contribution in [0.5, 0.6) is 0 Å². The lowest BCUT2D eigenvalue weighted by Crippen LogP contribution is -1.87. The number of hydrogen-bond donors (Lipinski definition) is 0. The molecule has 8 heavy (non-hydrogen) atoms. The van der Waals surface area contributed by atoms with Crippen molar-refractivity contribution in [2.75, 3.05) is 6.61 Å². The smallest absolute Gasteiger partial charge is 0.0915 e. The van der Waals surface area contributed by atoms with Gasteiger partial charge in [0.2, 0.25) is 0 Å². The predicted molar refractivity (Wildman–Crippen MR) is 35.7 cm³/mol. The fraction of sp³-hybridized carbons (Fsp3) is 0.714. The van der Waals surface area contributed by atoms with Gasteiger partial charge >= 0.3 is 0 Å². The van der Waals surface area contributed by atoms with Crippen LogP contribution >= 0.6 is 0 Å². The lowest BCUT2D eigenvalue weighted by molar-refractivity contribution is 0.228. The first-order valence-corrected chi connectivity index (χ1v) is 2.95. The zero-order chi connectivity index (χ0) is 6.57. The van der Waals surface area contributed by atoms with E-state index in [9.17, 15) is 0 Å². The molecular weight excluding hydrogens is 100 g/mol. The second kappa shape index (κ2) is 3.53. The Hall–Kier alpha value is -0.460. The van der Waals surface area contributed by atoms with Gasteiger partial charge in [-0.25, -0.2) is 0 Å². The summed E-state index contributed by atoms with van der Waals surface area (Å²) in [4.78, 5) is 0. The van der Waals surface area contributed by atoms with Crippen LogP contribution in [0.3, 0.4) is 0 Å². The van der Waals surface area contributed by atoms with Gasteiger partial charge in [0.25, 0.3) is 0 Å². The molecule has 0 aliphatic heterocycles. The second-order valence-corrected chi connectivity index (χ2v) is 1.99. The summed E-state index contributed by atoms with van der Waals surface area (Å²) in [5.74, 6) is 1.05. The number of allylic oxidation sites excluding steroid dienone is 2. The van der Waals surface area contributed by atoms with Crippen molar-refractivity contribution in [1.82, 2.24) is 0 Å². The van der Waals surface area contributed by atoms with Crippen molar-refractivity contribution < 1.29 is 4.74 Å². The maximum atomic E-state index is 5.18. The maximum Gasteiger partial charge on any atom is 0.0915 e. The van der Waals surface area contributed by atoms with Gasteiger partial charge in [-0.05, 0) is 33.3 Å². The van der Waals surface area contributed by atoms with Gasteiger partial charge in [-0.3, -0.25) is 0 Å². The highest BCUT2D eigenvalue weighted by Crippen LogP contribution is 2.01. The van der Waals surface area contributed by atoms with Crippen LogP contribution in [0.4, 0.5) is 0 Å². The fourth-order valence-corrected chi connectivity index (χ4v) is 0.361. The van der Waals surface area contributed by atoms with E-state index in [0.717, 1.165) is 12.4 Å². The van der Waals surface area contributed by atoms with Crippen molar-refractivity contribution in [1.29, 1.82) is 0 Å². The summed E-state index contributed by atoms with van der Waals surface area (Å²) in [6, 6.07) is 0. The van der Waals surface area contributed by atoms with E-state index in [-0.39, 0.29) is 0 Å². The summed E-state index contributed by atoms with van der Waals surface area (Å²) in [7, 11) is 0. The molecular formula is C7H14O. The molecule has 0 saturated carbocycles. The van der Waals surface area contributed by atoms with Crippen molar-refractivity contribution in [3.8, 4) is 0 Å². The van der Waals surface area contributed by atoms with Gasteiger partial charge in [0.15, 0.2) is 0 Å². The molecule has 0 atom stereocenters. The molecule has 0 aliphatic carbocycles. The molecule has 0 unspecified atom stereocenters. The molecule has 0 aliphatic rings. The monoisotopic (exact) mass is 114 g/mol. The van der Waals surface area contributed by atoms with E-state index >= 15 is 0 Å². The minimum atomic E-state index is 0.775. The minimum Gasteiger partial charge on any atom is -0.499 e. The van der Waals surface area contributed by atoms with E-state index in [1.165, 1.54) is 5.57 Å². The third-order valence-corrected chi connectivity index (χ3v) is 1.06. The molecule has 0 aromatic carbocycles. The third-order valence-electron chi connectivity index (χ3n) is 1.06. The Morgan fingerprint density at radius 3 is 1.88 bits per heavy atom. The van der Waals surface area contributed by atoms with E-state index in [1.54, 1.807) is 0 Å². The topological polar surface area (TPSA) is 9.23 Å². The van der Waals surface area contributed by atoms with Crippen LogP contribution in [0, 0.1) is 0 Å². The van der Waals surface area contributed by atoms with Crippen LogP contribution in [-0.2, 0) is 4.74 Å².